The maximum atomic E-state index is 13.7. The van der Waals surface area contributed by atoms with E-state index >= 15 is 0 Å². The Hall–Kier alpha value is -1.75. The van der Waals surface area contributed by atoms with Gasteiger partial charge in [0.15, 0.2) is 5.78 Å². The smallest absolute Gasteiger partial charge is 0.198 e. The van der Waals surface area contributed by atoms with Crippen molar-refractivity contribution in [3.05, 3.63) is 63.1 Å². The highest BCUT2D eigenvalue weighted by Crippen LogP contribution is 2.24. The lowest BCUT2D eigenvalue weighted by molar-refractivity contribution is 0.103. The quantitative estimate of drug-likeness (QED) is 0.517. The summed E-state index contributed by atoms with van der Waals surface area (Å²) in [4.78, 5) is 12.2. The second-order valence-electron chi connectivity index (χ2n) is 4.17. The van der Waals surface area contributed by atoms with Gasteiger partial charge in [0.1, 0.15) is 11.6 Å². The number of nitrogens with two attached hydrogens (primary N) is 1. The Kier molecular flexibility index (Phi) is 3.66. The maximum absolute atomic E-state index is 13.7. The zero-order valence-corrected chi connectivity index (χ0v) is 11.6. The SMILES string of the molecule is Cc1ccc(N)c(C(=O)c2cc(F)c(Br)cc2F)c1. The Labute approximate surface area is 117 Å². The van der Waals surface area contributed by atoms with Gasteiger partial charge in [-0.1, -0.05) is 11.6 Å². The summed E-state index contributed by atoms with van der Waals surface area (Å²) in [6, 6.07) is 6.65. The van der Waals surface area contributed by atoms with Crippen molar-refractivity contribution < 1.29 is 13.6 Å². The molecule has 0 saturated carbocycles. The molecule has 0 aliphatic rings. The van der Waals surface area contributed by atoms with Crippen LogP contribution in [0.2, 0.25) is 0 Å². The highest BCUT2D eigenvalue weighted by molar-refractivity contribution is 9.10. The molecule has 0 aromatic heterocycles. The molecule has 2 nitrogen and oxygen atoms in total. The minimum atomic E-state index is -0.792. The van der Waals surface area contributed by atoms with E-state index in [0.717, 1.165) is 17.7 Å². The zero-order chi connectivity index (χ0) is 14.2. The van der Waals surface area contributed by atoms with Crippen LogP contribution < -0.4 is 5.73 Å². The van der Waals surface area contributed by atoms with Gasteiger partial charge >= 0.3 is 0 Å². The number of anilines is 1. The lowest BCUT2D eigenvalue weighted by Crippen LogP contribution is -2.08. The van der Waals surface area contributed by atoms with Gasteiger partial charge < -0.3 is 5.73 Å². The van der Waals surface area contributed by atoms with Crippen molar-refractivity contribution in [2.75, 3.05) is 5.73 Å². The largest absolute Gasteiger partial charge is 0.398 e. The van der Waals surface area contributed by atoms with E-state index in [1.807, 2.05) is 0 Å². The van der Waals surface area contributed by atoms with Gasteiger partial charge in [-0.2, -0.15) is 0 Å². The van der Waals surface area contributed by atoms with E-state index < -0.39 is 17.4 Å². The third-order valence-electron chi connectivity index (χ3n) is 2.71. The van der Waals surface area contributed by atoms with E-state index in [1.165, 1.54) is 0 Å². The van der Waals surface area contributed by atoms with Gasteiger partial charge in [-0.3, -0.25) is 4.79 Å². The van der Waals surface area contributed by atoms with E-state index in [9.17, 15) is 13.6 Å². The van der Waals surface area contributed by atoms with Crippen molar-refractivity contribution in [3.8, 4) is 0 Å². The Morgan fingerprint density at radius 1 is 1.11 bits per heavy atom. The fourth-order valence-electron chi connectivity index (χ4n) is 1.71. The Bertz CT molecular complexity index is 671. The Balaban J connectivity index is 2.56. The van der Waals surface area contributed by atoms with E-state index in [0.29, 0.717) is 0 Å². The molecule has 0 bridgehead atoms. The van der Waals surface area contributed by atoms with Crippen molar-refractivity contribution in [2.45, 2.75) is 6.92 Å². The summed E-state index contributed by atoms with van der Waals surface area (Å²) in [6.45, 7) is 1.79. The standard InChI is InChI=1S/C14H10BrF2NO/c1-7-2-3-13(18)9(4-7)14(19)8-5-12(17)10(15)6-11(8)16/h2-6H,18H2,1H3. The molecule has 0 saturated heterocycles. The summed E-state index contributed by atoms with van der Waals surface area (Å²) in [5.41, 5.74) is 6.58. The van der Waals surface area contributed by atoms with Crippen LogP contribution in [0, 0.1) is 18.6 Å². The Morgan fingerprint density at radius 3 is 2.47 bits per heavy atom. The number of carbonyl (C=O) groups is 1. The number of halogens is 3. The van der Waals surface area contributed by atoms with E-state index in [-0.39, 0.29) is 21.3 Å². The van der Waals surface area contributed by atoms with Crippen LogP contribution in [0.3, 0.4) is 0 Å². The molecular formula is C14H10BrF2NO. The van der Waals surface area contributed by atoms with Crippen molar-refractivity contribution >= 4 is 27.4 Å². The first-order valence-electron chi connectivity index (χ1n) is 5.45. The molecule has 2 aromatic carbocycles. The number of benzene rings is 2. The molecule has 0 spiro atoms. The summed E-state index contributed by atoms with van der Waals surface area (Å²) in [5, 5.41) is 0. The maximum Gasteiger partial charge on any atom is 0.198 e. The molecule has 2 rings (SSSR count). The summed E-state index contributed by atoms with van der Waals surface area (Å²) < 4.78 is 27.1. The number of aryl methyl sites for hydroxylation is 1. The van der Waals surface area contributed by atoms with Gasteiger partial charge in [-0.25, -0.2) is 8.78 Å². The number of ketones is 1. The molecule has 2 N–H and O–H groups in total. The molecule has 19 heavy (non-hydrogen) atoms. The number of hydrogen-bond donors (Lipinski definition) is 1. The monoisotopic (exact) mass is 325 g/mol. The first-order valence-corrected chi connectivity index (χ1v) is 6.25. The van der Waals surface area contributed by atoms with Crippen LogP contribution in [-0.2, 0) is 0 Å². The molecule has 0 amide bonds. The van der Waals surface area contributed by atoms with Gasteiger partial charge in [0, 0.05) is 11.3 Å². The van der Waals surface area contributed by atoms with Crippen LogP contribution in [0.25, 0.3) is 0 Å². The van der Waals surface area contributed by atoms with E-state index in [4.69, 9.17) is 5.73 Å². The lowest BCUT2D eigenvalue weighted by Gasteiger charge is -2.08. The molecule has 2 aromatic rings. The second kappa shape index (κ2) is 5.09. The second-order valence-corrected chi connectivity index (χ2v) is 5.02. The highest BCUT2D eigenvalue weighted by atomic mass is 79.9. The topological polar surface area (TPSA) is 43.1 Å². The summed E-state index contributed by atoms with van der Waals surface area (Å²) in [5.74, 6) is -2.12. The van der Waals surface area contributed by atoms with Crippen molar-refractivity contribution in [1.82, 2.24) is 0 Å². The fourth-order valence-corrected chi connectivity index (χ4v) is 2.02. The number of nitrogen functional groups attached to an aromatic ring is 1. The fraction of sp³-hybridized carbons (Fsp3) is 0.0714. The van der Waals surface area contributed by atoms with E-state index in [1.54, 1.807) is 25.1 Å². The average Bonchev–Trinajstić information content (AvgIpc) is 2.36. The van der Waals surface area contributed by atoms with E-state index in [2.05, 4.69) is 15.9 Å². The molecule has 0 heterocycles. The van der Waals surface area contributed by atoms with Gasteiger partial charge in [-0.05, 0) is 47.1 Å². The summed E-state index contributed by atoms with van der Waals surface area (Å²) in [7, 11) is 0. The van der Waals surface area contributed by atoms with Gasteiger partial charge in [0.2, 0.25) is 0 Å². The first-order chi connectivity index (χ1) is 8.90. The molecular weight excluding hydrogens is 316 g/mol. The number of rotatable bonds is 2. The average molecular weight is 326 g/mol. The van der Waals surface area contributed by atoms with Gasteiger partial charge in [0.05, 0.1) is 10.0 Å². The third kappa shape index (κ3) is 2.66. The molecule has 0 unspecified atom stereocenters. The third-order valence-corrected chi connectivity index (χ3v) is 3.32. The predicted molar refractivity (Wildman–Crippen MR) is 73.1 cm³/mol. The van der Waals surface area contributed by atoms with Crippen molar-refractivity contribution in [2.24, 2.45) is 0 Å². The van der Waals surface area contributed by atoms with Crippen LogP contribution in [-0.4, -0.2) is 5.78 Å². The van der Waals surface area contributed by atoms with Crippen LogP contribution in [0.5, 0.6) is 0 Å². The predicted octanol–water partition coefficient (Wildman–Crippen LogP) is 3.85. The molecule has 5 heteroatoms. The lowest BCUT2D eigenvalue weighted by atomic mass is 9.99. The van der Waals surface area contributed by atoms with Crippen LogP contribution in [0.4, 0.5) is 14.5 Å². The summed E-state index contributed by atoms with van der Waals surface area (Å²) in [6.07, 6.45) is 0. The van der Waals surface area contributed by atoms with Crippen molar-refractivity contribution in [1.29, 1.82) is 0 Å². The summed E-state index contributed by atoms with van der Waals surface area (Å²) >= 11 is 2.86. The molecule has 98 valence electrons. The molecule has 0 radical (unpaired) electrons. The number of carbonyl (C=O) groups excluding carboxylic acids is 1. The zero-order valence-electron chi connectivity index (χ0n) is 10.0. The van der Waals surface area contributed by atoms with Gasteiger partial charge in [-0.15, -0.1) is 0 Å². The van der Waals surface area contributed by atoms with Gasteiger partial charge in [0.25, 0.3) is 0 Å². The molecule has 0 aliphatic heterocycles. The van der Waals surface area contributed by atoms with Crippen molar-refractivity contribution in [3.63, 3.8) is 0 Å². The minimum absolute atomic E-state index is 0.0289. The number of hydrogen-bond acceptors (Lipinski definition) is 2. The normalized spacial score (nSPS) is 10.5. The van der Waals surface area contributed by atoms with Crippen LogP contribution in [0.15, 0.2) is 34.8 Å². The van der Waals surface area contributed by atoms with Crippen LogP contribution in [0.1, 0.15) is 21.5 Å². The molecule has 0 aliphatic carbocycles. The van der Waals surface area contributed by atoms with Crippen LogP contribution >= 0.6 is 15.9 Å². The molecule has 0 fully saturated rings. The molecule has 0 atom stereocenters. The minimum Gasteiger partial charge on any atom is -0.398 e. The first kappa shape index (κ1) is 13.7. The Morgan fingerprint density at radius 2 is 1.79 bits per heavy atom. The highest BCUT2D eigenvalue weighted by Gasteiger charge is 2.19.